The molecule has 2 aliphatic rings. The summed E-state index contributed by atoms with van der Waals surface area (Å²) >= 11 is 0. The normalized spacial score (nSPS) is 51.5. The highest BCUT2D eigenvalue weighted by atomic mass is 19.1. The molecule has 1 saturated heterocycles. The molecule has 0 aromatic carbocycles. The van der Waals surface area contributed by atoms with Crippen molar-refractivity contribution in [1.29, 1.82) is 0 Å². The van der Waals surface area contributed by atoms with Crippen molar-refractivity contribution in [2.45, 2.75) is 24.6 Å². The quantitative estimate of drug-likeness (QED) is 0.552. The number of rotatable bonds is 0. The van der Waals surface area contributed by atoms with Gasteiger partial charge in [0.2, 0.25) is 0 Å². The molecule has 2 rings (SSSR count). The molecule has 1 aliphatic heterocycles. The minimum atomic E-state index is -0.648. The molecule has 3 atom stereocenters. The van der Waals surface area contributed by atoms with Gasteiger partial charge in [0, 0.05) is 24.5 Å². The molecule has 2 nitrogen and oxygen atoms in total. The molecule has 1 aliphatic carbocycles. The van der Waals surface area contributed by atoms with Crippen LogP contribution in [-0.4, -0.2) is 36.7 Å². The van der Waals surface area contributed by atoms with Gasteiger partial charge in [-0.1, -0.05) is 0 Å². The van der Waals surface area contributed by atoms with E-state index in [1.165, 1.54) is 0 Å². The zero-order valence-corrected chi connectivity index (χ0v) is 6.89. The van der Waals surface area contributed by atoms with Crippen molar-refractivity contribution in [1.82, 2.24) is 4.90 Å². The van der Waals surface area contributed by atoms with E-state index in [2.05, 4.69) is 4.90 Å². The Labute approximate surface area is 66.5 Å². The molecule has 0 unspecified atom stereocenters. The molecule has 0 spiro atoms. The lowest BCUT2D eigenvalue weighted by Crippen LogP contribution is -2.45. The van der Waals surface area contributed by atoms with E-state index in [0.717, 1.165) is 19.5 Å². The lowest BCUT2D eigenvalue weighted by Gasteiger charge is -2.22. The van der Waals surface area contributed by atoms with E-state index < -0.39 is 6.17 Å². The molecule has 0 bridgehead atoms. The van der Waals surface area contributed by atoms with Crippen LogP contribution in [-0.2, 0) is 0 Å². The van der Waals surface area contributed by atoms with Crippen LogP contribution in [0, 0.1) is 5.92 Å². The molecule has 0 aromatic rings. The molecule has 0 radical (unpaired) electrons. The van der Waals surface area contributed by atoms with Crippen LogP contribution >= 0.6 is 0 Å². The summed E-state index contributed by atoms with van der Waals surface area (Å²) < 4.78 is 13.2. The first kappa shape index (κ1) is 7.50. The Kier molecular flexibility index (Phi) is 1.48. The Balaban J connectivity index is 2.18. The van der Waals surface area contributed by atoms with Gasteiger partial charge in [-0.2, -0.15) is 0 Å². The van der Waals surface area contributed by atoms with Crippen LogP contribution in [0.25, 0.3) is 0 Å². The topological polar surface area (TPSA) is 29.3 Å². The first-order chi connectivity index (χ1) is 5.12. The Hall–Kier alpha value is -0.150. The number of fused-ring (bicyclic) bond motifs is 1. The van der Waals surface area contributed by atoms with Crippen LogP contribution in [0.15, 0.2) is 0 Å². The van der Waals surface area contributed by atoms with E-state index >= 15 is 0 Å². The van der Waals surface area contributed by atoms with Crippen LogP contribution < -0.4 is 5.73 Å². The maximum Gasteiger partial charge on any atom is 0.106 e. The van der Waals surface area contributed by atoms with Crippen LogP contribution in [0.5, 0.6) is 0 Å². The average molecular weight is 158 g/mol. The summed E-state index contributed by atoms with van der Waals surface area (Å²) in [5.74, 6) is 0.104. The number of halogens is 1. The van der Waals surface area contributed by atoms with Crippen molar-refractivity contribution in [2.75, 3.05) is 20.1 Å². The smallest absolute Gasteiger partial charge is 0.106 e. The van der Waals surface area contributed by atoms with Gasteiger partial charge in [0.05, 0.1) is 0 Å². The second-order valence-corrected chi connectivity index (χ2v) is 4.09. The third kappa shape index (κ3) is 0.983. The highest BCUT2D eigenvalue weighted by Crippen LogP contribution is 2.40. The van der Waals surface area contributed by atoms with Crippen LogP contribution in [0.1, 0.15) is 12.8 Å². The maximum atomic E-state index is 13.2. The van der Waals surface area contributed by atoms with Crippen LogP contribution in [0.2, 0.25) is 0 Å². The van der Waals surface area contributed by atoms with Crippen molar-refractivity contribution < 1.29 is 4.39 Å². The molecule has 2 N–H and O–H groups in total. The van der Waals surface area contributed by atoms with Gasteiger partial charge >= 0.3 is 0 Å². The number of likely N-dealkylation sites (N-methyl/N-ethyl adjacent to an activating group) is 1. The SMILES string of the molecule is CN1C[C@H]2[C@@H](F)CC[C@@]2(N)C1. The summed E-state index contributed by atoms with van der Waals surface area (Å²) in [5.41, 5.74) is 5.86. The summed E-state index contributed by atoms with van der Waals surface area (Å²) in [4.78, 5) is 2.14. The largest absolute Gasteiger partial charge is 0.324 e. The predicted octanol–water partition coefficient (Wildman–Crippen LogP) is 0.377. The molecule has 11 heavy (non-hydrogen) atoms. The third-order valence-electron chi connectivity index (χ3n) is 3.13. The van der Waals surface area contributed by atoms with E-state index in [-0.39, 0.29) is 11.5 Å². The van der Waals surface area contributed by atoms with Gasteiger partial charge in [-0.05, 0) is 19.9 Å². The second-order valence-electron chi connectivity index (χ2n) is 4.09. The monoisotopic (exact) mass is 158 g/mol. The highest BCUT2D eigenvalue weighted by Gasteiger charge is 2.51. The van der Waals surface area contributed by atoms with Gasteiger partial charge in [0.15, 0.2) is 0 Å². The maximum absolute atomic E-state index is 13.2. The van der Waals surface area contributed by atoms with Gasteiger partial charge in [-0.3, -0.25) is 0 Å². The minimum Gasteiger partial charge on any atom is -0.324 e. The summed E-state index contributed by atoms with van der Waals surface area (Å²) in [6.45, 7) is 1.72. The third-order valence-corrected chi connectivity index (χ3v) is 3.13. The molecule has 2 fully saturated rings. The molecule has 3 heteroatoms. The number of hydrogen-bond acceptors (Lipinski definition) is 2. The Morgan fingerprint density at radius 1 is 1.64 bits per heavy atom. The highest BCUT2D eigenvalue weighted by molar-refractivity contribution is 5.07. The zero-order valence-electron chi connectivity index (χ0n) is 6.89. The fourth-order valence-corrected chi connectivity index (χ4v) is 2.55. The van der Waals surface area contributed by atoms with Gasteiger partial charge < -0.3 is 10.6 Å². The number of nitrogens with two attached hydrogens (primary N) is 1. The van der Waals surface area contributed by atoms with Crippen molar-refractivity contribution >= 4 is 0 Å². The first-order valence-electron chi connectivity index (χ1n) is 4.23. The molecule has 1 saturated carbocycles. The van der Waals surface area contributed by atoms with Crippen molar-refractivity contribution in [3.63, 3.8) is 0 Å². The Bertz CT molecular complexity index is 173. The van der Waals surface area contributed by atoms with Crippen molar-refractivity contribution in [3.05, 3.63) is 0 Å². The lowest BCUT2D eigenvalue weighted by molar-refractivity contribution is 0.237. The van der Waals surface area contributed by atoms with E-state index in [9.17, 15) is 4.39 Å². The van der Waals surface area contributed by atoms with Crippen LogP contribution in [0.4, 0.5) is 4.39 Å². The van der Waals surface area contributed by atoms with E-state index in [0.29, 0.717) is 6.42 Å². The number of hydrogen-bond donors (Lipinski definition) is 1. The minimum absolute atomic E-state index is 0.104. The summed E-state index contributed by atoms with van der Waals surface area (Å²) in [5, 5.41) is 0. The number of alkyl halides is 1. The average Bonchev–Trinajstić information content (AvgIpc) is 2.32. The van der Waals surface area contributed by atoms with Gasteiger partial charge in [0.25, 0.3) is 0 Å². The predicted molar refractivity (Wildman–Crippen MR) is 42.0 cm³/mol. The van der Waals surface area contributed by atoms with Crippen LogP contribution in [0.3, 0.4) is 0 Å². The number of nitrogens with zero attached hydrogens (tertiary/aromatic N) is 1. The first-order valence-corrected chi connectivity index (χ1v) is 4.23. The van der Waals surface area contributed by atoms with Gasteiger partial charge in [-0.15, -0.1) is 0 Å². The molecule has 0 aromatic heterocycles. The molecule has 64 valence electrons. The van der Waals surface area contributed by atoms with Crippen molar-refractivity contribution in [2.24, 2.45) is 11.7 Å². The fraction of sp³-hybridized carbons (Fsp3) is 1.00. The molecule has 0 amide bonds. The molecular formula is C8H15FN2. The van der Waals surface area contributed by atoms with E-state index in [1.54, 1.807) is 0 Å². The van der Waals surface area contributed by atoms with Crippen molar-refractivity contribution in [3.8, 4) is 0 Å². The zero-order chi connectivity index (χ0) is 8.06. The molecular weight excluding hydrogens is 143 g/mol. The van der Waals surface area contributed by atoms with E-state index in [1.807, 2.05) is 7.05 Å². The van der Waals surface area contributed by atoms with Gasteiger partial charge in [0.1, 0.15) is 6.17 Å². The summed E-state index contributed by atoms with van der Waals surface area (Å²) in [6.07, 6.45) is 0.892. The summed E-state index contributed by atoms with van der Waals surface area (Å²) in [7, 11) is 2.01. The fourth-order valence-electron chi connectivity index (χ4n) is 2.55. The number of likely N-dealkylation sites (tertiary alicyclic amines) is 1. The Morgan fingerprint density at radius 2 is 2.36 bits per heavy atom. The van der Waals surface area contributed by atoms with E-state index in [4.69, 9.17) is 5.73 Å². The standard InChI is InChI=1S/C8H15FN2/c1-11-4-6-7(9)2-3-8(6,10)5-11/h6-7H,2-5,10H2,1H3/t6-,7-,8+/m0/s1. The lowest BCUT2D eigenvalue weighted by atomic mass is 9.92. The van der Waals surface area contributed by atoms with Gasteiger partial charge in [-0.25, -0.2) is 4.39 Å². The second kappa shape index (κ2) is 2.17. The summed E-state index contributed by atoms with van der Waals surface area (Å²) in [6, 6.07) is 0. The Morgan fingerprint density at radius 3 is 3.00 bits per heavy atom. The molecule has 1 heterocycles.